The lowest BCUT2D eigenvalue weighted by Gasteiger charge is -2.16. The van der Waals surface area contributed by atoms with Crippen molar-refractivity contribution < 1.29 is 22.4 Å². The number of carbonyl (C=O) groups is 1. The first-order chi connectivity index (χ1) is 14.1. The zero-order valence-electron chi connectivity index (χ0n) is 17.2. The molecule has 0 fully saturated rings. The predicted molar refractivity (Wildman–Crippen MR) is 113 cm³/mol. The van der Waals surface area contributed by atoms with Gasteiger partial charge in [0.15, 0.2) is 0 Å². The second-order valence-corrected chi connectivity index (χ2v) is 8.87. The zero-order chi connectivity index (χ0) is 22.1. The minimum absolute atomic E-state index is 0.0591. The Morgan fingerprint density at radius 1 is 1.10 bits per heavy atom. The van der Waals surface area contributed by atoms with Crippen LogP contribution in [0.1, 0.15) is 30.5 Å². The monoisotopic (exact) mass is 429 g/mol. The van der Waals surface area contributed by atoms with Gasteiger partial charge in [0.1, 0.15) is 17.4 Å². The Labute approximate surface area is 174 Å². The van der Waals surface area contributed by atoms with Crippen molar-refractivity contribution in [3.05, 3.63) is 69.6 Å². The van der Waals surface area contributed by atoms with Gasteiger partial charge >= 0.3 is 11.6 Å². The van der Waals surface area contributed by atoms with Gasteiger partial charge in [-0.1, -0.05) is 24.6 Å². The molecule has 0 unspecified atom stereocenters. The summed E-state index contributed by atoms with van der Waals surface area (Å²) in [4.78, 5) is 24.5. The lowest BCUT2D eigenvalue weighted by atomic mass is 10.0. The Morgan fingerprint density at radius 3 is 2.40 bits per heavy atom. The number of sulfonamides is 1. The molecule has 0 aliphatic heterocycles. The third-order valence-electron chi connectivity index (χ3n) is 4.64. The predicted octanol–water partition coefficient (Wildman–Crippen LogP) is 3.24. The minimum Gasteiger partial charge on any atom is -0.425 e. The van der Waals surface area contributed by atoms with Crippen LogP contribution in [0, 0.1) is 13.8 Å². The largest absolute Gasteiger partial charge is 0.425 e. The molecule has 1 aromatic heterocycles. The summed E-state index contributed by atoms with van der Waals surface area (Å²) in [7, 11) is -3.89. The minimum atomic E-state index is -3.89. The Morgan fingerprint density at radius 2 is 1.77 bits per heavy atom. The summed E-state index contributed by atoms with van der Waals surface area (Å²) in [5, 5.41) is 0.518. The zero-order valence-corrected chi connectivity index (χ0v) is 18.0. The van der Waals surface area contributed by atoms with Gasteiger partial charge in [-0.2, -0.15) is 4.72 Å². The molecular formula is C22H23NO6S. The first-order valence-corrected chi connectivity index (χ1v) is 11.0. The van der Waals surface area contributed by atoms with Crippen molar-refractivity contribution in [2.45, 2.75) is 45.1 Å². The van der Waals surface area contributed by atoms with Crippen molar-refractivity contribution in [1.82, 2.24) is 4.72 Å². The number of hydrogen-bond donors (Lipinski definition) is 1. The average molecular weight is 429 g/mol. The van der Waals surface area contributed by atoms with E-state index in [0.717, 1.165) is 11.1 Å². The Bertz CT molecular complexity index is 1260. The second-order valence-electron chi connectivity index (χ2n) is 7.16. The summed E-state index contributed by atoms with van der Waals surface area (Å²) in [5.74, 6) is -0.553. The van der Waals surface area contributed by atoms with Crippen LogP contribution in [-0.4, -0.2) is 20.4 Å². The molecule has 0 aliphatic carbocycles. The molecule has 7 nitrogen and oxygen atoms in total. The number of aryl methyl sites for hydroxylation is 3. The van der Waals surface area contributed by atoms with E-state index in [9.17, 15) is 18.0 Å². The number of esters is 1. The normalized spacial score (nSPS) is 12.7. The number of carbonyl (C=O) groups excluding carboxylic acids is 1. The molecule has 3 rings (SSSR count). The van der Waals surface area contributed by atoms with Gasteiger partial charge in [-0.3, -0.25) is 0 Å². The molecule has 30 heavy (non-hydrogen) atoms. The van der Waals surface area contributed by atoms with E-state index in [2.05, 4.69) is 4.72 Å². The molecule has 1 atom stereocenters. The van der Waals surface area contributed by atoms with Crippen LogP contribution in [0.3, 0.4) is 0 Å². The molecule has 1 N–H and O–H groups in total. The average Bonchev–Trinajstić information content (AvgIpc) is 2.66. The van der Waals surface area contributed by atoms with Crippen LogP contribution in [0.25, 0.3) is 11.0 Å². The first kappa shape index (κ1) is 21.7. The maximum absolute atomic E-state index is 12.7. The van der Waals surface area contributed by atoms with E-state index in [1.165, 1.54) is 25.1 Å². The smallest absolute Gasteiger partial charge is 0.336 e. The fourth-order valence-corrected chi connectivity index (χ4v) is 4.28. The molecule has 0 saturated heterocycles. The Balaban J connectivity index is 1.89. The molecule has 3 aromatic rings. The van der Waals surface area contributed by atoms with E-state index < -0.39 is 27.7 Å². The topological polar surface area (TPSA) is 103 Å². The highest BCUT2D eigenvalue weighted by Gasteiger charge is 2.24. The van der Waals surface area contributed by atoms with Gasteiger partial charge in [-0.05, 0) is 62.6 Å². The molecule has 0 aliphatic rings. The van der Waals surface area contributed by atoms with Crippen LogP contribution < -0.4 is 15.1 Å². The van der Waals surface area contributed by atoms with Crippen molar-refractivity contribution in [1.29, 1.82) is 0 Å². The van der Waals surface area contributed by atoms with Gasteiger partial charge in [0, 0.05) is 6.07 Å². The molecule has 0 bridgehead atoms. The SMILES string of the molecule is CCc1cc(=O)oc2cc(C)cc(OC(=O)[C@H](C)NS(=O)(=O)c3ccc(C)cc3)c12. The lowest BCUT2D eigenvalue weighted by molar-refractivity contribution is -0.135. The highest BCUT2D eigenvalue weighted by atomic mass is 32.2. The van der Waals surface area contributed by atoms with Gasteiger partial charge in [0.25, 0.3) is 0 Å². The first-order valence-electron chi connectivity index (χ1n) is 9.49. The molecule has 0 radical (unpaired) electrons. The second kappa shape index (κ2) is 8.41. The molecule has 0 amide bonds. The standard InChI is InChI=1S/C22H23NO6S/c1-5-16-12-20(24)28-18-10-14(3)11-19(21(16)18)29-22(25)15(4)23-30(26,27)17-8-6-13(2)7-9-17/h6-12,15,23H,5H2,1-4H3/t15-/m0/s1. The third-order valence-corrected chi connectivity index (χ3v) is 6.20. The summed E-state index contributed by atoms with van der Waals surface area (Å²) in [6, 6.07) is 9.87. The number of benzene rings is 2. The Hall–Kier alpha value is -2.97. The van der Waals surface area contributed by atoms with Gasteiger partial charge < -0.3 is 9.15 Å². The van der Waals surface area contributed by atoms with Crippen molar-refractivity contribution in [2.75, 3.05) is 0 Å². The van der Waals surface area contributed by atoms with E-state index in [4.69, 9.17) is 9.15 Å². The fraction of sp³-hybridized carbons (Fsp3) is 0.273. The van der Waals surface area contributed by atoms with Crippen LogP contribution in [0.4, 0.5) is 0 Å². The van der Waals surface area contributed by atoms with E-state index in [-0.39, 0.29) is 10.6 Å². The summed E-state index contributed by atoms with van der Waals surface area (Å²) in [6.45, 7) is 6.91. The lowest BCUT2D eigenvalue weighted by Crippen LogP contribution is -2.40. The van der Waals surface area contributed by atoms with E-state index in [1.54, 1.807) is 31.2 Å². The van der Waals surface area contributed by atoms with Gasteiger partial charge in [-0.25, -0.2) is 18.0 Å². The Kier molecular flexibility index (Phi) is 6.09. The number of ether oxygens (including phenoxy) is 1. The van der Waals surface area contributed by atoms with Crippen LogP contribution >= 0.6 is 0 Å². The molecule has 8 heteroatoms. The quantitative estimate of drug-likeness (QED) is 0.367. The van der Waals surface area contributed by atoms with Crippen LogP contribution in [0.15, 0.2) is 56.6 Å². The highest BCUT2D eigenvalue weighted by molar-refractivity contribution is 7.89. The number of rotatable bonds is 6. The van der Waals surface area contributed by atoms with Crippen molar-refractivity contribution >= 4 is 27.0 Å². The number of fused-ring (bicyclic) bond motifs is 1. The maximum atomic E-state index is 12.7. The van der Waals surface area contributed by atoms with Crippen LogP contribution in [0.2, 0.25) is 0 Å². The summed E-state index contributed by atoms with van der Waals surface area (Å²) < 4.78 is 38.2. The fourth-order valence-electron chi connectivity index (χ4n) is 3.09. The van der Waals surface area contributed by atoms with Crippen LogP contribution in [-0.2, 0) is 21.2 Å². The van der Waals surface area contributed by atoms with E-state index in [1.807, 2.05) is 13.8 Å². The maximum Gasteiger partial charge on any atom is 0.336 e. The van der Waals surface area contributed by atoms with Crippen molar-refractivity contribution in [3.8, 4) is 5.75 Å². The molecule has 158 valence electrons. The van der Waals surface area contributed by atoms with Gasteiger partial charge in [0.05, 0.1) is 10.3 Å². The molecule has 0 spiro atoms. The summed E-state index contributed by atoms with van der Waals surface area (Å²) in [5.41, 5.74) is 2.16. The van der Waals surface area contributed by atoms with Crippen molar-refractivity contribution in [3.63, 3.8) is 0 Å². The highest BCUT2D eigenvalue weighted by Crippen LogP contribution is 2.30. The summed E-state index contributed by atoms with van der Waals surface area (Å²) >= 11 is 0. The third kappa shape index (κ3) is 4.60. The van der Waals surface area contributed by atoms with Crippen molar-refractivity contribution in [2.24, 2.45) is 0 Å². The van der Waals surface area contributed by atoms with Gasteiger partial charge in [0.2, 0.25) is 10.0 Å². The molecule has 2 aromatic carbocycles. The molecular weight excluding hydrogens is 406 g/mol. The van der Waals surface area contributed by atoms with E-state index in [0.29, 0.717) is 23.0 Å². The van der Waals surface area contributed by atoms with Crippen LogP contribution in [0.5, 0.6) is 5.75 Å². The molecule has 0 saturated carbocycles. The van der Waals surface area contributed by atoms with Gasteiger partial charge in [-0.15, -0.1) is 0 Å². The summed E-state index contributed by atoms with van der Waals surface area (Å²) in [6.07, 6.45) is 0.533. The molecule has 1 heterocycles. The van der Waals surface area contributed by atoms with E-state index >= 15 is 0 Å². The number of hydrogen-bond acceptors (Lipinski definition) is 6. The number of nitrogens with one attached hydrogen (secondary N) is 1.